The number of nitrogens with zero attached hydrogens (tertiary/aromatic N) is 1. The maximum absolute atomic E-state index is 11.4. The fourth-order valence-electron chi connectivity index (χ4n) is 0.859. The lowest BCUT2D eigenvalue weighted by Gasteiger charge is -2.20. The van der Waals surface area contributed by atoms with Crippen LogP contribution in [0.2, 0.25) is 0 Å². The molecule has 0 aliphatic rings. The molecule has 0 aromatic heterocycles. The van der Waals surface area contributed by atoms with Gasteiger partial charge in [-0.2, -0.15) is 0 Å². The van der Waals surface area contributed by atoms with Crippen molar-refractivity contribution in [1.29, 1.82) is 0 Å². The van der Waals surface area contributed by atoms with Gasteiger partial charge in [0.25, 0.3) is 0 Å². The van der Waals surface area contributed by atoms with E-state index in [-0.39, 0.29) is 17.7 Å². The number of hydrogen-bond donors (Lipinski definition) is 1. The molecule has 80 valence electrons. The second-order valence-corrected chi connectivity index (χ2v) is 5.84. The monoisotopic (exact) mass is 208 g/mol. The van der Waals surface area contributed by atoms with Crippen molar-refractivity contribution in [2.24, 2.45) is 11.7 Å². The zero-order valence-corrected chi connectivity index (χ0v) is 9.63. The Morgan fingerprint density at radius 2 is 1.85 bits per heavy atom. The number of nitrogens with two attached hydrogens (primary N) is 1. The summed E-state index contributed by atoms with van der Waals surface area (Å²) in [5, 5.41) is 0. The highest BCUT2D eigenvalue weighted by Gasteiger charge is 2.21. The average Bonchev–Trinajstić information content (AvgIpc) is 2.01. The Labute approximate surface area is 81.2 Å². The van der Waals surface area contributed by atoms with Crippen molar-refractivity contribution in [2.45, 2.75) is 26.3 Å². The van der Waals surface area contributed by atoms with E-state index in [1.165, 1.54) is 18.4 Å². The van der Waals surface area contributed by atoms with Crippen molar-refractivity contribution in [1.82, 2.24) is 4.31 Å². The SMILES string of the molecule is CCC(C)C(N)CS(=O)(=O)N(C)C. The van der Waals surface area contributed by atoms with Crippen molar-refractivity contribution < 1.29 is 8.42 Å². The van der Waals surface area contributed by atoms with E-state index in [1.54, 1.807) is 0 Å². The van der Waals surface area contributed by atoms with Gasteiger partial charge < -0.3 is 5.73 Å². The Hall–Kier alpha value is -0.130. The Morgan fingerprint density at radius 3 is 2.15 bits per heavy atom. The van der Waals surface area contributed by atoms with Crippen LogP contribution >= 0.6 is 0 Å². The maximum atomic E-state index is 11.4. The van der Waals surface area contributed by atoms with Gasteiger partial charge in [0.05, 0.1) is 5.75 Å². The summed E-state index contributed by atoms with van der Waals surface area (Å²) < 4.78 is 24.0. The van der Waals surface area contributed by atoms with Crippen molar-refractivity contribution in [3.63, 3.8) is 0 Å². The standard InChI is InChI=1S/C8H20N2O2S/c1-5-7(2)8(9)6-13(11,12)10(3)4/h7-8H,5-6,9H2,1-4H3. The average molecular weight is 208 g/mol. The van der Waals surface area contributed by atoms with Crippen LogP contribution in [0, 0.1) is 5.92 Å². The van der Waals surface area contributed by atoms with E-state index in [0.717, 1.165) is 6.42 Å². The summed E-state index contributed by atoms with van der Waals surface area (Å²) in [6.07, 6.45) is 0.907. The highest BCUT2D eigenvalue weighted by molar-refractivity contribution is 7.89. The third-order valence-electron chi connectivity index (χ3n) is 2.33. The molecule has 0 rings (SSSR count). The summed E-state index contributed by atoms with van der Waals surface area (Å²) in [5.74, 6) is 0.282. The third-order valence-corrected chi connectivity index (χ3v) is 4.25. The number of sulfonamides is 1. The molecule has 0 heterocycles. The van der Waals surface area contributed by atoms with Crippen LogP contribution in [0.25, 0.3) is 0 Å². The molecule has 2 atom stereocenters. The molecule has 0 aromatic carbocycles. The highest BCUT2D eigenvalue weighted by atomic mass is 32.2. The molecule has 0 aliphatic carbocycles. The lowest BCUT2D eigenvalue weighted by molar-refractivity contribution is 0.452. The van der Waals surface area contributed by atoms with E-state index in [2.05, 4.69) is 0 Å². The molecule has 0 radical (unpaired) electrons. The topological polar surface area (TPSA) is 63.4 Å². The van der Waals surface area contributed by atoms with E-state index in [9.17, 15) is 8.42 Å². The van der Waals surface area contributed by atoms with Crippen LogP contribution < -0.4 is 5.73 Å². The summed E-state index contributed by atoms with van der Waals surface area (Å²) in [4.78, 5) is 0. The third kappa shape index (κ3) is 4.06. The van der Waals surface area contributed by atoms with Crippen LogP contribution in [0.15, 0.2) is 0 Å². The highest BCUT2D eigenvalue weighted by Crippen LogP contribution is 2.08. The maximum Gasteiger partial charge on any atom is 0.215 e. The molecule has 0 aliphatic heterocycles. The van der Waals surface area contributed by atoms with Crippen LogP contribution in [0.3, 0.4) is 0 Å². The molecule has 5 heteroatoms. The fourth-order valence-corrected chi connectivity index (χ4v) is 1.97. The lowest BCUT2D eigenvalue weighted by atomic mass is 10.0. The Kier molecular flexibility index (Phi) is 4.88. The molecule has 0 amide bonds. The van der Waals surface area contributed by atoms with E-state index in [0.29, 0.717) is 0 Å². The smallest absolute Gasteiger partial charge is 0.215 e. The minimum atomic E-state index is -3.14. The van der Waals surface area contributed by atoms with E-state index in [4.69, 9.17) is 5.73 Å². The first-order valence-electron chi connectivity index (χ1n) is 4.47. The van der Waals surface area contributed by atoms with Crippen molar-refractivity contribution in [2.75, 3.05) is 19.8 Å². The van der Waals surface area contributed by atoms with Crippen LogP contribution in [0.4, 0.5) is 0 Å². The first kappa shape index (κ1) is 12.9. The van der Waals surface area contributed by atoms with Crippen LogP contribution in [0.1, 0.15) is 20.3 Å². The molecule has 4 nitrogen and oxygen atoms in total. The van der Waals surface area contributed by atoms with Gasteiger partial charge in [-0.1, -0.05) is 20.3 Å². The van der Waals surface area contributed by atoms with Gasteiger partial charge in [-0.15, -0.1) is 0 Å². The molecule has 2 N–H and O–H groups in total. The molecule has 0 saturated heterocycles. The largest absolute Gasteiger partial charge is 0.326 e. The van der Waals surface area contributed by atoms with Gasteiger partial charge in [0, 0.05) is 20.1 Å². The van der Waals surface area contributed by atoms with Gasteiger partial charge >= 0.3 is 0 Å². The van der Waals surface area contributed by atoms with Crippen LogP contribution in [0.5, 0.6) is 0 Å². The van der Waals surface area contributed by atoms with Gasteiger partial charge in [0.15, 0.2) is 0 Å². The summed E-state index contributed by atoms with van der Waals surface area (Å²) in [7, 11) is -0.0913. The molecular weight excluding hydrogens is 188 g/mol. The molecule has 0 bridgehead atoms. The quantitative estimate of drug-likeness (QED) is 0.704. The summed E-state index contributed by atoms with van der Waals surface area (Å²) in [6.45, 7) is 3.97. The predicted molar refractivity (Wildman–Crippen MR) is 54.9 cm³/mol. The van der Waals surface area contributed by atoms with E-state index < -0.39 is 10.0 Å². The van der Waals surface area contributed by atoms with Gasteiger partial charge in [-0.3, -0.25) is 0 Å². The van der Waals surface area contributed by atoms with E-state index >= 15 is 0 Å². The fraction of sp³-hybridized carbons (Fsp3) is 1.00. The summed E-state index contributed by atoms with van der Waals surface area (Å²) in [6, 6.07) is -0.266. The van der Waals surface area contributed by atoms with Crippen LogP contribution in [-0.2, 0) is 10.0 Å². The van der Waals surface area contributed by atoms with Gasteiger partial charge in [-0.25, -0.2) is 12.7 Å². The minimum Gasteiger partial charge on any atom is -0.326 e. The Balaban J connectivity index is 4.29. The number of rotatable bonds is 5. The summed E-state index contributed by atoms with van der Waals surface area (Å²) in [5.41, 5.74) is 5.75. The molecule has 0 spiro atoms. The first-order valence-corrected chi connectivity index (χ1v) is 6.08. The molecule has 0 saturated carbocycles. The molecule has 13 heavy (non-hydrogen) atoms. The van der Waals surface area contributed by atoms with Gasteiger partial charge in [0.1, 0.15) is 0 Å². The normalized spacial score (nSPS) is 17.4. The second kappa shape index (κ2) is 4.93. The lowest BCUT2D eigenvalue weighted by Crippen LogP contribution is -2.39. The summed E-state index contributed by atoms with van der Waals surface area (Å²) >= 11 is 0. The van der Waals surface area contributed by atoms with Crippen molar-refractivity contribution in [3.05, 3.63) is 0 Å². The molecule has 0 aromatic rings. The van der Waals surface area contributed by atoms with Crippen molar-refractivity contribution in [3.8, 4) is 0 Å². The van der Waals surface area contributed by atoms with Crippen molar-refractivity contribution >= 4 is 10.0 Å². The van der Waals surface area contributed by atoms with E-state index in [1.807, 2.05) is 13.8 Å². The van der Waals surface area contributed by atoms with Crippen LogP contribution in [-0.4, -0.2) is 38.6 Å². The Morgan fingerprint density at radius 1 is 1.38 bits per heavy atom. The minimum absolute atomic E-state index is 0.0367. The molecule has 2 unspecified atom stereocenters. The Bertz CT molecular complexity index is 237. The zero-order valence-electron chi connectivity index (χ0n) is 8.82. The first-order chi connectivity index (χ1) is 5.81. The second-order valence-electron chi connectivity index (χ2n) is 3.61. The zero-order chi connectivity index (χ0) is 10.6. The molecule has 0 fully saturated rings. The van der Waals surface area contributed by atoms with Gasteiger partial charge in [0.2, 0.25) is 10.0 Å². The van der Waals surface area contributed by atoms with Gasteiger partial charge in [-0.05, 0) is 5.92 Å². The predicted octanol–water partition coefficient (Wildman–Crippen LogP) is 0.251. The molecular formula is C8H20N2O2S. The number of hydrogen-bond acceptors (Lipinski definition) is 3.